The summed E-state index contributed by atoms with van der Waals surface area (Å²) in [4.78, 5) is 4.68. The van der Waals surface area contributed by atoms with E-state index in [2.05, 4.69) is 21.9 Å². The number of piperazine rings is 1. The molecule has 3 rings (SSSR count). The van der Waals surface area contributed by atoms with Gasteiger partial charge in [0.05, 0.1) is 20.3 Å². The summed E-state index contributed by atoms with van der Waals surface area (Å²) < 4.78 is 10.4. The molecule has 134 valence electrons. The van der Waals surface area contributed by atoms with Crippen molar-refractivity contribution in [2.75, 3.05) is 51.8 Å². The zero-order valence-corrected chi connectivity index (χ0v) is 14.9. The normalized spacial score (nSPS) is 16.5. The topological polar surface area (TPSA) is 45.2 Å². The van der Waals surface area contributed by atoms with Crippen LogP contribution in [0.2, 0.25) is 0 Å². The number of nitrogens with zero attached hydrogens (tertiary/aromatic N) is 2. The van der Waals surface area contributed by atoms with Gasteiger partial charge in [-0.15, -0.1) is 0 Å². The molecule has 1 fully saturated rings. The number of rotatable bonds is 6. The molecule has 5 heteroatoms. The van der Waals surface area contributed by atoms with Crippen LogP contribution in [-0.4, -0.2) is 56.9 Å². The van der Waals surface area contributed by atoms with Gasteiger partial charge in [0, 0.05) is 38.4 Å². The van der Waals surface area contributed by atoms with Gasteiger partial charge in [-0.2, -0.15) is 0 Å². The maximum atomic E-state index is 10.5. The zero-order valence-electron chi connectivity index (χ0n) is 14.9. The first-order valence-corrected chi connectivity index (χ1v) is 8.63. The quantitative estimate of drug-likeness (QED) is 0.874. The summed E-state index contributed by atoms with van der Waals surface area (Å²) in [6.45, 7) is 4.43. The van der Waals surface area contributed by atoms with Crippen LogP contribution < -0.4 is 14.4 Å². The second-order valence-corrected chi connectivity index (χ2v) is 6.28. The molecule has 1 atom stereocenters. The van der Waals surface area contributed by atoms with Crippen molar-refractivity contribution in [3.05, 3.63) is 54.1 Å². The summed E-state index contributed by atoms with van der Waals surface area (Å²) in [6.07, 6.45) is -0.498. The molecule has 1 N–H and O–H groups in total. The van der Waals surface area contributed by atoms with E-state index in [0.717, 1.165) is 43.2 Å². The minimum absolute atomic E-state index is 0.498. The standard InChI is InChI=1S/C20H26N2O3/c1-24-18-8-6-17(7-9-18)22-12-10-21(11-13-22)15-20(23)16-4-3-5-19(14-16)25-2/h3-9,14,20,23H,10-13,15H2,1-2H3. The lowest BCUT2D eigenvalue weighted by atomic mass is 10.1. The van der Waals surface area contributed by atoms with Crippen LogP contribution in [-0.2, 0) is 0 Å². The molecule has 1 aliphatic rings. The third-order valence-corrected chi connectivity index (χ3v) is 4.72. The first-order chi connectivity index (χ1) is 12.2. The third-order valence-electron chi connectivity index (χ3n) is 4.72. The number of aliphatic hydroxyl groups is 1. The number of anilines is 1. The van der Waals surface area contributed by atoms with Crippen LogP contribution in [0.3, 0.4) is 0 Å². The summed E-state index contributed by atoms with van der Waals surface area (Å²) in [7, 11) is 3.32. The average Bonchev–Trinajstić information content (AvgIpc) is 2.68. The molecule has 1 saturated heterocycles. The number of aliphatic hydroxyl groups excluding tert-OH is 1. The van der Waals surface area contributed by atoms with Crippen molar-refractivity contribution in [3.63, 3.8) is 0 Å². The lowest BCUT2D eigenvalue weighted by molar-refractivity contribution is 0.109. The Bertz CT molecular complexity index is 667. The number of β-amino-alcohol motifs (C(OH)–C–C–N with tert-alkyl or cyclic N) is 1. The van der Waals surface area contributed by atoms with Crippen molar-refractivity contribution in [2.24, 2.45) is 0 Å². The summed E-state index contributed by atoms with van der Waals surface area (Å²) in [6, 6.07) is 15.8. The van der Waals surface area contributed by atoms with Gasteiger partial charge in [-0.1, -0.05) is 12.1 Å². The van der Waals surface area contributed by atoms with Crippen molar-refractivity contribution in [1.29, 1.82) is 0 Å². The van der Waals surface area contributed by atoms with Crippen molar-refractivity contribution in [2.45, 2.75) is 6.10 Å². The van der Waals surface area contributed by atoms with Crippen molar-refractivity contribution >= 4 is 5.69 Å². The van der Waals surface area contributed by atoms with Gasteiger partial charge in [0.2, 0.25) is 0 Å². The van der Waals surface area contributed by atoms with E-state index in [1.54, 1.807) is 14.2 Å². The molecule has 0 radical (unpaired) electrons. The molecule has 0 saturated carbocycles. The Labute approximate surface area is 149 Å². The fourth-order valence-corrected chi connectivity index (χ4v) is 3.18. The Balaban J connectivity index is 1.53. The van der Waals surface area contributed by atoms with Crippen molar-refractivity contribution in [3.8, 4) is 11.5 Å². The molecule has 0 bridgehead atoms. The van der Waals surface area contributed by atoms with Crippen LogP contribution in [0.25, 0.3) is 0 Å². The van der Waals surface area contributed by atoms with Gasteiger partial charge >= 0.3 is 0 Å². The lowest BCUT2D eigenvalue weighted by Gasteiger charge is -2.37. The smallest absolute Gasteiger partial charge is 0.119 e. The monoisotopic (exact) mass is 342 g/mol. The highest BCUT2D eigenvalue weighted by atomic mass is 16.5. The van der Waals surface area contributed by atoms with E-state index in [1.165, 1.54) is 5.69 Å². The highest BCUT2D eigenvalue weighted by Crippen LogP contribution is 2.23. The SMILES string of the molecule is COc1ccc(N2CCN(CC(O)c3cccc(OC)c3)CC2)cc1. The molecule has 1 aliphatic heterocycles. The lowest BCUT2D eigenvalue weighted by Crippen LogP contribution is -2.47. The largest absolute Gasteiger partial charge is 0.497 e. The molecule has 0 aliphatic carbocycles. The molecule has 5 nitrogen and oxygen atoms in total. The Kier molecular flexibility index (Phi) is 5.79. The molecular weight excluding hydrogens is 316 g/mol. The predicted molar refractivity (Wildman–Crippen MR) is 99.6 cm³/mol. The van der Waals surface area contributed by atoms with Crippen LogP contribution in [0.5, 0.6) is 11.5 Å². The second kappa shape index (κ2) is 8.23. The Morgan fingerprint density at radius 2 is 1.60 bits per heavy atom. The molecule has 2 aromatic carbocycles. The maximum Gasteiger partial charge on any atom is 0.119 e. The van der Waals surface area contributed by atoms with E-state index >= 15 is 0 Å². The van der Waals surface area contributed by atoms with Crippen molar-refractivity contribution in [1.82, 2.24) is 4.90 Å². The van der Waals surface area contributed by atoms with E-state index < -0.39 is 6.10 Å². The van der Waals surface area contributed by atoms with Gasteiger partial charge in [-0.3, -0.25) is 4.90 Å². The van der Waals surface area contributed by atoms with Gasteiger partial charge < -0.3 is 19.5 Å². The van der Waals surface area contributed by atoms with Gasteiger partial charge in [0.1, 0.15) is 11.5 Å². The Morgan fingerprint density at radius 3 is 2.24 bits per heavy atom. The first-order valence-electron chi connectivity index (χ1n) is 8.63. The van der Waals surface area contributed by atoms with Gasteiger partial charge in [0.25, 0.3) is 0 Å². The number of hydrogen-bond donors (Lipinski definition) is 1. The fourth-order valence-electron chi connectivity index (χ4n) is 3.18. The maximum absolute atomic E-state index is 10.5. The van der Waals surface area contributed by atoms with Gasteiger partial charge in [0.15, 0.2) is 0 Å². The second-order valence-electron chi connectivity index (χ2n) is 6.28. The molecule has 0 spiro atoms. The van der Waals surface area contributed by atoms with Crippen LogP contribution in [0.15, 0.2) is 48.5 Å². The molecular formula is C20H26N2O3. The van der Waals surface area contributed by atoms with E-state index in [9.17, 15) is 5.11 Å². The minimum atomic E-state index is -0.498. The molecule has 1 unspecified atom stereocenters. The van der Waals surface area contributed by atoms with Crippen LogP contribution in [0, 0.1) is 0 Å². The summed E-state index contributed by atoms with van der Waals surface area (Å²) in [5.74, 6) is 1.66. The molecule has 0 amide bonds. The highest BCUT2D eigenvalue weighted by Gasteiger charge is 2.20. The zero-order chi connectivity index (χ0) is 17.6. The first kappa shape index (κ1) is 17.6. The van der Waals surface area contributed by atoms with Gasteiger partial charge in [-0.05, 0) is 42.0 Å². The van der Waals surface area contributed by atoms with E-state index in [1.807, 2.05) is 36.4 Å². The van der Waals surface area contributed by atoms with Gasteiger partial charge in [-0.25, -0.2) is 0 Å². The summed E-state index contributed by atoms with van der Waals surface area (Å²) in [5.41, 5.74) is 2.12. The van der Waals surface area contributed by atoms with Crippen LogP contribution in [0.4, 0.5) is 5.69 Å². The number of benzene rings is 2. The molecule has 2 aromatic rings. The molecule has 25 heavy (non-hydrogen) atoms. The Morgan fingerprint density at radius 1 is 0.920 bits per heavy atom. The van der Waals surface area contributed by atoms with Crippen LogP contribution in [0.1, 0.15) is 11.7 Å². The predicted octanol–water partition coefficient (Wildman–Crippen LogP) is 2.56. The summed E-state index contributed by atoms with van der Waals surface area (Å²) in [5, 5.41) is 10.5. The van der Waals surface area contributed by atoms with Crippen LogP contribution >= 0.6 is 0 Å². The number of methoxy groups -OCH3 is 2. The Hall–Kier alpha value is -2.24. The summed E-state index contributed by atoms with van der Waals surface area (Å²) >= 11 is 0. The average molecular weight is 342 g/mol. The van der Waals surface area contributed by atoms with E-state index in [-0.39, 0.29) is 0 Å². The fraction of sp³-hybridized carbons (Fsp3) is 0.400. The van der Waals surface area contributed by atoms with E-state index in [0.29, 0.717) is 6.54 Å². The minimum Gasteiger partial charge on any atom is -0.497 e. The molecule has 0 aromatic heterocycles. The highest BCUT2D eigenvalue weighted by molar-refractivity contribution is 5.49. The number of ether oxygens (including phenoxy) is 2. The number of hydrogen-bond acceptors (Lipinski definition) is 5. The van der Waals surface area contributed by atoms with Crippen molar-refractivity contribution < 1.29 is 14.6 Å². The molecule has 1 heterocycles. The third kappa shape index (κ3) is 4.44. The van der Waals surface area contributed by atoms with E-state index in [4.69, 9.17) is 9.47 Å².